The molecule has 0 saturated carbocycles. The molecule has 0 N–H and O–H groups in total. The van der Waals surface area contributed by atoms with Crippen LogP contribution in [0.15, 0.2) is 88.0 Å². The van der Waals surface area contributed by atoms with Gasteiger partial charge in [0.25, 0.3) is 0 Å². The minimum absolute atomic E-state index is 0.00764. The molecule has 3 aromatic carbocycles. The molecule has 0 radical (unpaired) electrons. The zero-order valence-electron chi connectivity index (χ0n) is 19.8. The summed E-state index contributed by atoms with van der Waals surface area (Å²) in [5.41, 5.74) is 1.74. The minimum Gasteiger partial charge on any atom is -0.493 e. The zero-order valence-corrected chi connectivity index (χ0v) is 21.4. The molecule has 0 bridgehead atoms. The average Bonchev–Trinajstić information content (AvgIpc) is 3.25. The van der Waals surface area contributed by atoms with Gasteiger partial charge in [0.1, 0.15) is 5.75 Å². The van der Waals surface area contributed by atoms with Crippen LogP contribution in [0.1, 0.15) is 23.6 Å². The summed E-state index contributed by atoms with van der Waals surface area (Å²) >= 11 is 3.39. The lowest BCUT2D eigenvalue weighted by atomic mass is 10.1. The Kier molecular flexibility index (Phi) is 7.95. The zero-order chi connectivity index (χ0) is 26.4. The van der Waals surface area contributed by atoms with Gasteiger partial charge in [0.05, 0.1) is 7.11 Å². The van der Waals surface area contributed by atoms with Crippen molar-refractivity contribution < 1.29 is 33.3 Å². The van der Waals surface area contributed by atoms with Crippen molar-refractivity contribution in [3.05, 3.63) is 99.7 Å². The largest absolute Gasteiger partial charge is 0.493 e. The number of hydrogen-bond acceptors (Lipinski definition) is 8. The second-order valence-electron chi connectivity index (χ2n) is 7.64. The van der Waals surface area contributed by atoms with E-state index in [1.165, 1.54) is 32.3 Å². The number of carbonyl (C=O) groups is 3. The summed E-state index contributed by atoms with van der Waals surface area (Å²) in [4.78, 5) is 40.6. The Bertz CT molecular complexity index is 1460. The molecule has 37 heavy (non-hydrogen) atoms. The smallest absolute Gasteiger partial charge is 0.363 e. The number of hydrogen-bond donors (Lipinski definition) is 0. The van der Waals surface area contributed by atoms with Crippen LogP contribution >= 0.6 is 15.9 Å². The molecule has 9 heteroatoms. The summed E-state index contributed by atoms with van der Waals surface area (Å²) in [5, 5.41) is 0. The molecule has 4 rings (SSSR count). The van der Waals surface area contributed by atoms with Gasteiger partial charge in [-0.25, -0.2) is 14.6 Å². The van der Waals surface area contributed by atoms with Gasteiger partial charge >= 0.3 is 17.9 Å². The summed E-state index contributed by atoms with van der Waals surface area (Å²) < 4.78 is 21.9. The minimum atomic E-state index is -0.681. The predicted octanol–water partition coefficient (Wildman–Crippen LogP) is 5.35. The maximum atomic E-state index is 12.6. The Morgan fingerprint density at radius 2 is 1.70 bits per heavy atom. The van der Waals surface area contributed by atoms with Crippen molar-refractivity contribution in [2.45, 2.75) is 6.92 Å². The highest BCUT2D eigenvalue weighted by Gasteiger charge is 2.26. The molecule has 1 aliphatic heterocycles. The molecule has 0 spiro atoms. The van der Waals surface area contributed by atoms with E-state index in [0.29, 0.717) is 15.6 Å². The van der Waals surface area contributed by atoms with Gasteiger partial charge < -0.3 is 18.9 Å². The van der Waals surface area contributed by atoms with Crippen molar-refractivity contribution in [2.24, 2.45) is 4.99 Å². The molecule has 0 saturated heterocycles. The van der Waals surface area contributed by atoms with Crippen LogP contribution in [0.25, 0.3) is 12.2 Å². The second-order valence-corrected chi connectivity index (χ2v) is 8.56. The average molecular weight is 562 g/mol. The van der Waals surface area contributed by atoms with Crippen molar-refractivity contribution in [2.75, 3.05) is 7.11 Å². The third-order valence-corrected chi connectivity index (χ3v) is 5.46. The molecule has 0 atom stereocenters. The molecule has 1 heterocycles. The maximum Gasteiger partial charge on any atom is 0.363 e. The number of rotatable bonds is 7. The van der Waals surface area contributed by atoms with Crippen molar-refractivity contribution in [3.8, 4) is 17.2 Å². The van der Waals surface area contributed by atoms with Gasteiger partial charge in [0, 0.05) is 28.6 Å². The molecule has 1 aliphatic rings. The Morgan fingerprint density at radius 1 is 0.946 bits per heavy atom. The number of carbonyl (C=O) groups excluding carboxylic acids is 3. The number of esters is 3. The summed E-state index contributed by atoms with van der Waals surface area (Å²) in [7, 11) is 1.42. The Labute approximate surface area is 221 Å². The van der Waals surface area contributed by atoms with Gasteiger partial charge in [0.15, 0.2) is 17.2 Å². The van der Waals surface area contributed by atoms with E-state index in [1.54, 1.807) is 36.4 Å². The van der Waals surface area contributed by atoms with Crippen LogP contribution < -0.4 is 14.2 Å². The lowest BCUT2D eigenvalue weighted by Gasteiger charge is -2.09. The maximum absolute atomic E-state index is 12.6. The van der Waals surface area contributed by atoms with E-state index in [2.05, 4.69) is 20.9 Å². The summed E-state index contributed by atoms with van der Waals surface area (Å²) in [5.74, 6) is -0.981. The number of halogens is 1. The molecular weight excluding hydrogens is 542 g/mol. The fourth-order valence-corrected chi connectivity index (χ4v) is 3.69. The van der Waals surface area contributed by atoms with Crippen molar-refractivity contribution in [1.82, 2.24) is 0 Å². The van der Waals surface area contributed by atoms with Gasteiger partial charge in [-0.2, -0.15) is 0 Å². The molecular formula is C28H20BrNO7. The third-order valence-electron chi connectivity index (χ3n) is 4.97. The molecule has 0 aromatic heterocycles. The number of methoxy groups -OCH3 is 1. The standard InChI is InChI=1S/C28H20BrNO7/c1-17(31)35-24-11-9-19(16-25(24)34-2)27-30-22(28(33)37-27)15-20-14-21(29)10-12-23(20)36-26(32)13-8-18-6-4-3-5-7-18/h3-16H,1-2H3/b13-8+,22-15-. The Morgan fingerprint density at radius 3 is 2.43 bits per heavy atom. The monoisotopic (exact) mass is 561 g/mol. The van der Waals surface area contributed by atoms with Gasteiger partial charge in [-0.15, -0.1) is 0 Å². The fraction of sp³-hybridized carbons (Fsp3) is 0.0714. The SMILES string of the molecule is COc1cc(C2=N/C(=C\c3cc(Br)ccc3OC(=O)/C=C/c3ccccc3)C(=O)O2)ccc1OC(C)=O. The molecule has 8 nitrogen and oxygen atoms in total. The number of aliphatic imine (C=N–C) groups is 1. The Balaban J connectivity index is 1.59. The van der Waals surface area contributed by atoms with E-state index in [9.17, 15) is 14.4 Å². The number of ether oxygens (including phenoxy) is 4. The van der Waals surface area contributed by atoms with Crippen LogP contribution in [-0.4, -0.2) is 30.9 Å². The molecule has 3 aromatic rings. The van der Waals surface area contributed by atoms with Crippen LogP contribution in [0.4, 0.5) is 0 Å². The quantitative estimate of drug-likeness (QED) is 0.218. The van der Waals surface area contributed by atoms with E-state index >= 15 is 0 Å². The molecule has 0 aliphatic carbocycles. The molecule has 0 unspecified atom stereocenters. The highest BCUT2D eigenvalue weighted by molar-refractivity contribution is 9.10. The van der Waals surface area contributed by atoms with Crippen LogP contribution in [0.5, 0.6) is 17.2 Å². The highest BCUT2D eigenvalue weighted by atomic mass is 79.9. The van der Waals surface area contributed by atoms with Gasteiger partial charge in [-0.1, -0.05) is 46.3 Å². The Hall–Kier alpha value is -4.50. The summed E-state index contributed by atoms with van der Waals surface area (Å²) in [6.45, 7) is 1.28. The lowest BCUT2D eigenvalue weighted by molar-refractivity contribution is -0.132. The van der Waals surface area contributed by atoms with Crippen LogP contribution in [-0.2, 0) is 19.1 Å². The second kappa shape index (κ2) is 11.5. The number of benzene rings is 3. The normalized spacial score (nSPS) is 13.9. The van der Waals surface area contributed by atoms with Gasteiger partial charge in [0.2, 0.25) is 5.90 Å². The number of nitrogens with zero attached hydrogens (tertiary/aromatic N) is 1. The first-order valence-corrected chi connectivity index (χ1v) is 11.8. The van der Waals surface area contributed by atoms with Crippen LogP contribution in [0.3, 0.4) is 0 Å². The van der Waals surface area contributed by atoms with Crippen LogP contribution in [0, 0.1) is 0 Å². The van der Waals surface area contributed by atoms with E-state index in [1.807, 2.05) is 30.3 Å². The molecule has 186 valence electrons. The van der Waals surface area contributed by atoms with E-state index in [4.69, 9.17) is 18.9 Å². The van der Waals surface area contributed by atoms with E-state index < -0.39 is 17.9 Å². The first kappa shape index (κ1) is 25.6. The topological polar surface area (TPSA) is 100 Å². The van der Waals surface area contributed by atoms with E-state index in [0.717, 1.165) is 5.56 Å². The highest BCUT2D eigenvalue weighted by Crippen LogP contribution is 2.31. The lowest BCUT2D eigenvalue weighted by Crippen LogP contribution is -2.07. The first-order valence-electron chi connectivity index (χ1n) is 11.0. The summed E-state index contributed by atoms with van der Waals surface area (Å²) in [6.07, 6.45) is 4.43. The van der Waals surface area contributed by atoms with Crippen molar-refractivity contribution in [3.63, 3.8) is 0 Å². The summed E-state index contributed by atoms with van der Waals surface area (Å²) in [6, 6.07) is 19.0. The number of cyclic esters (lactones) is 1. The van der Waals surface area contributed by atoms with Crippen LogP contribution in [0.2, 0.25) is 0 Å². The van der Waals surface area contributed by atoms with Crippen molar-refractivity contribution in [1.29, 1.82) is 0 Å². The van der Waals surface area contributed by atoms with Crippen molar-refractivity contribution >= 4 is 51.9 Å². The first-order chi connectivity index (χ1) is 17.8. The van der Waals surface area contributed by atoms with Gasteiger partial charge in [-0.05, 0) is 54.1 Å². The molecule has 0 fully saturated rings. The fourth-order valence-electron chi connectivity index (χ4n) is 3.32. The van der Waals surface area contributed by atoms with Gasteiger partial charge in [-0.3, -0.25) is 4.79 Å². The third kappa shape index (κ3) is 6.59. The van der Waals surface area contributed by atoms with E-state index in [-0.39, 0.29) is 28.8 Å². The molecule has 0 amide bonds. The predicted molar refractivity (Wildman–Crippen MR) is 140 cm³/mol.